The van der Waals surface area contributed by atoms with E-state index in [1.165, 1.54) is 0 Å². The van der Waals surface area contributed by atoms with Crippen LogP contribution in [0.1, 0.15) is 42.1 Å². The molecule has 2 N–H and O–H groups in total. The monoisotopic (exact) mass is 393 g/mol. The summed E-state index contributed by atoms with van der Waals surface area (Å²) in [4.78, 5) is 12.6. The highest BCUT2D eigenvalue weighted by Crippen LogP contribution is 2.59. The van der Waals surface area contributed by atoms with Crippen LogP contribution in [0.3, 0.4) is 0 Å². The molecule has 0 radical (unpaired) electrons. The van der Waals surface area contributed by atoms with Crippen molar-refractivity contribution in [2.75, 3.05) is 5.32 Å². The first-order chi connectivity index (χ1) is 13.6. The normalized spacial score (nSPS) is 24.1. The molecule has 0 aliphatic heterocycles. The number of para-hydroxylation sites is 1. The minimum atomic E-state index is -0.0221. The van der Waals surface area contributed by atoms with Crippen LogP contribution in [0.15, 0.2) is 48.5 Å². The average molecular weight is 394 g/mol. The van der Waals surface area contributed by atoms with Gasteiger partial charge in [-0.3, -0.25) is 4.79 Å². The van der Waals surface area contributed by atoms with Crippen LogP contribution >= 0.6 is 11.6 Å². The number of halogens is 1. The Bertz CT molecular complexity index is 893. The lowest BCUT2D eigenvalue weighted by atomic mass is 9.98. The van der Waals surface area contributed by atoms with Gasteiger partial charge in [0.15, 0.2) is 0 Å². The zero-order chi connectivity index (χ0) is 19.7. The van der Waals surface area contributed by atoms with Crippen LogP contribution in [0.4, 0.5) is 5.69 Å². The van der Waals surface area contributed by atoms with Crippen molar-refractivity contribution in [2.24, 2.45) is 17.8 Å². The first-order valence-corrected chi connectivity index (χ1v) is 10.3. The summed E-state index contributed by atoms with van der Waals surface area (Å²) in [5.74, 6) is 1.85. The first kappa shape index (κ1) is 18.8. The molecule has 1 amide bonds. The Kier molecular flexibility index (Phi) is 5.28. The predicted octanol–water partition coefficient (Wildman–Crippen LogP) is 4.86. The number of carbonyl (C=O) groups excluding carboxylic acids is 1. The summed E-state index contributed by atoms with van der Waals surface area (Å²) in [6.07, 6.45) is 3.14. The number of benzene rings is 2. The number of fused-ring (bicyclic) bond motifs is 1. The number of nitrogens with one attached hydrogen (secondary N) is 2. The topological polar surface area (TPSA) is 64.9 Å². The van der Waals surface area contributed by atoms with E-state index in [0.717, 1.165) is 24.9 Å². The van der Waals surface area contributed by atoms with Gasteiger partial charge in [0.2, 0.25) is 0 Å². The van der Waals surface area contributed by atoms with E-state index in [9.17, 15) is 10.1 Å². The van der Waals surface area contributed by atoms with Crippen molar-refractivity contribution in [1.82, 2.24) is 5.32 Å². The fourth-order valence-electron chi connectivity index (χ4n) is 4.86. The van der Waals surface area contributed by atoms with Gasteiger partial charge in [-0.15, -0.1) is 0 Å². The summed E-state index contributed by atoms with van der Waals surface area (Å²) in [5, 5.41) is 16.7. The van der Waals surface area contributed by atoms with Gasteiger partial charge in [0.05, 0.1) is 11.3 Å². The molecule has 2 aromatic rings. The second-order valence-corrected chi connectivity index (χ2v) is 8.31. The molecule has 3 atom stereocenters. The van der Waals surface area contributed by atoms with Crippen molar-refractivity contribution >= 4 is 23.2 Å². The smallest absolute Gasteiger partial charge is 0.251 e. The van der Waals surface area contributed by atoms with Gasteiger partial charge in [-0.1, -0.05) is 30.7 Å². The fraction of sp³-hybridized carbons (Fsp3) is 0.391. The van der Waals surface area contributed by atoms with E-state index in [1.54, 1.807) is 24.3 Å². The van der Waals surface area contributed by atoms with Crippen molar-refractivity contribution in [1.29, 1.82) is 5.26 Å². The van der Waals surface area contributed by atoms with E-state index in [-0.39, 0.29) is 11.9 Å². The van der Waals surface area contributed by atoms with Gasteiger partial charge >= 0.3 is 0 Å². The Hall–Kier alpha value is -2.51. The molecule has 0 heterocycles. The van der Waals surface area contributed by atoms with Gasteiger partial charge < -0.3 is 10.6 Å². The molecular weight excluding hydrogens is 370 g/mol. The second-order valence-electron chi connectivity index (χ2n) is 7.87. The SMILES string of the molecule is CC[C@@H](NC(=O)c1ccc(Cl)cc1)C1[C@@H]2CC(Nc3ccccc3C#N)C[C@@H]12. The lowest BCUT2D eigenvalue weighted by Gasteiger charge is -2.23. The third kappa shape index (κ3) is 3.72. The van der Waals surface area contributed by atoms with Crippen molar-refractivity contribution in [2.45, 2.75) is 38.3 Å². The summed E-state index contributed by atoms with van der Waals surface area (Å²) >= 11 is 5.91. The van der Waals surface area contributed by atoms with Crippen LogP contribution in [0.5, 0.6) is 0 Å². The molecule has 0 aromatic heterocycles. The van der Waals surface area contributed by atoms with E-state index >= 15 is 0 Å². The lowest BCUT2D eigenvalue weighted by molar-refractivity contribution is 0.0927. The molecule has 2 aliphatic carbocycles. The largest absolute Gasteiger partial charge is 0.381 e. The molecule has 0 bridgehead atoms. The highest BCUT2D eigenvalue weighted by atomic mass is 35.5. The van der Waals surface area contributed by atoms with Gasteiger partial charge in [0.25, 0.3) is 5.91 Å². The fourth-order valence-corrected chi connectivity index (χ4v) is 4.98. The summed E-state index contributed by atoms with van der Waals surface area (Å²) in [7, 11) is 0. The van der Waals surface area contributed by atoms with Gasteiger partial charge in [-0.2, -0.15) is 5.26 Å². The summed E-state index contributed by atoms with van der Waals surface area (Å²) in [6.45, 7) is 2.14. The Morgan fingerprint density at radius 1 is 1.18 bits per heavy atom. The highest BCUT2D eigenvalue weighted by Gasteiger charge is 2.58. The van der Waals surface area contributed by atoms with Gasteiger partial charge in [-0.25, -0.2) is 0 Å². The van der Waals surface area contributed by atoms with E-state index in [4.69, 9.17) is 11.6 Å². The number of amides is 1. The molecule has 2 fully saturated rings. The van der Waals surface area contributed by atoms with Crippen molar-refractivity contribution in [3.05, 3.63) is 64.7 Å². The summed E-state index contributed by atoms with van der Waals surface area (Å²) in [6, 6.07) is 17.6. The predicted molar refractivity (Wildman–Crippen MR) is 111 cm³/mol. The minimum Gasteiger partial charge on any atom is -0.381 e. The van der Waals surface area contributed by atoms with Gasteiger partial charge in [0.1, 0.15) is 6.07 Å². The van der Waals surface area contributed by atoms with Crippen molar-refractivity contribution in [3.63, 3.8) is 0 Å². The van der Waals surface area contributed by atoms with Gasteiger partial charge in [0, 0.05) is 22.7 Å². The molecule has 2 aliphatic rings. The molecule has 144 valence electrons. The molecule has 2 saturated carbocycles. The molecule has 28 heavy (non-hydrogen) atoms. The Balaban J connectivity index is 1.33. The van der Waals surface area contributed by atoms with Crippen LogP contribution in [0.25, 0.3) is 0 Å². The molecule has 4 nitrogen and oxygen atoms in total. The number of carbonyl (C=O) groups is 1. The lowest BCUT2D eigenvalue weighted by Crippen LogP contribution is -2.38. The van der Waals surface area contributed by atoms with Crippen molar-refractivity contribution < 1.29 is 4.79 Å². The second kappa shape index (κ2) is 7.85. The maximum absolute atomic E-state index is 12.6. The minimum absolute atomic E-state index is 0.0221. The maximum Gasteiger partial charge on any atom is 0.251 e. The Morgan fingerprint density at radius 3 is 2.50 bits per heavy atom. The number of anilines is 1. The van der Waals surface area contributed by atoms with E-state index in [1.807, 2.05) is 24.3 Å². The van der Waals surface area contributed by atoms with Crippen LogP contribution in [0, 0.1) is 29.1 Å². The van der Waals surface area contributed by atoms with Crippen LogP contribution < -0.4 is 10.6 Å². The third-order valence-corrected chi connectivity index (χ3v) is 6.50. The number of nitrogens with zero attached hydrogens (tertiary/aromatic N) is 1. The van der Waals surface area contributed by atoms with Crippen LogP contribution in [-0.4, -0.2) is 18.0 Å². The van der Waals surface area contributed by atoms with E-state index in [2.05, 4.69) is 23.6 Å². The third-order valence-electron chi connectivity index (χ3n) is 6.25. The summed E-state index contributed by atoms with van der Waals surface area (Å²) < 4.78 is 0. The van der Waals surface area contributed by atoms with Crippen LogP contribution in [-0.2, 0) is 0 Å². The molecular formula is C23H24ClN3O. The Morgan fingerprint density at radius 2 is 1.86 bits per heavy atom. The molecule has 0 saturated heterocycles. The standard InChI is InChI=1S/C23H24ClN3O/c1-2-20(27-23(28)14-7-9-16(24)10-8-14)22-18-11-17(12-19(18)22)26-21-6-4-3-5-15(21)13-25/h3-10,17-20,22,26H,2,11-12H2,1H3,(H,27,28)/t17?,18-,19-,20-,22?/m1/s1. The molecule has 2 aromatic carbocycles. The maximum atomic E-state index is 12.6. The number of hydrogen-bond acceptors (Lipinski definition) is 3. The zero-order valence-corrected chi connectivity index (χ0v) is 16.6. The number of rotatable bonds is 6. The summed E-state index contributed by atoms with van der Waals surface area (Å²) in [5.41, 5.74) is 2.28. The molecule has 0 spiro atoms. The van der Waals surface area contributed by atoms with E-state index < -0.39 is 0 Å². The Labute approximate surface area is 170 Å². The quantitative estimate of drug-likeness (QED) is 0.736. The van der Waals surface area contributed by atoms with Crippen molar-refractivity contribution in [3.8, 4) is 6.07 Å². The van der Waals surface area contributed by atoms with Crippen LogP contribution in [0.2, 0.25) is 5.02 Å². The number of hydrogen-bond donors (Lipinski definition) is 2. The average Bonchev–Trinajstić information content (AvgIpc) is 3.20. The molecule has 4 rings (SSSR count). The molecule has 5 heteroatoms. The van der Waals surface area contributed by atoms with Gasteiger partial charge in [-0.05, 0) is 73.4 Å². The van der Waals surface area contributed by atoms with E-state index in [0.29, 0.717) is 39.9 Å². The first-order valence-electron chi connectivity index (χ1n) is 9.92. The highest BCUT2D eigenvalue weighted by molar-refractivity contribution is 6.30. The number of nitriles is 1. The zero-order valence-electron chi connectivity index (χ0n) is 15.9. The molecule has 0 unspecified atom stereocenters.